The van der Waals surface area contributed by atoms with Gasteiger partial charge in [0.25, 0.3) is 0 Å². The van der Waals surface area contributed by atoms with Crippen LogP contribution >= 0.6 is 0 Å². The van der Waals surface area contributed by atoms with E-state index in [0.29, 0.717) is 6.04 Å². The fraction of sp³-hybridized carbons (Fsp3) is 0.615. The van der Waals surface area contributed by atoms with Crippen molar-refractivity contribution in [2.45, 2.75) is 39.3 Å². The number of hydrogen-bond acceptors (Lipinski definition) is 3. The quantitative estimate of drug-likeness (QED) is 0.768. The molecule has 1 aromatic rings. The Labute approximate surface area is 98.2 Å². The minimum absolute atomic E-state index is 0.429. The second-order valence-corrected chi connectivity index (χ2v) is 4.15. The van der Waals surface area contributed by atoms with Gasteiger partial charge in [-0.05, 0) is 25.0 Å². The van der Waals surface area contributed by atoms with Gasteiger partial charge in [-0.25, -0.2) is 0 Å². The number of pyridine rings is 1. The highest BCUT2D eigenvalue weighted by Crippen LogP contribution is 2.01. The van der Waals surface area contributed by atoms with E-state index in [1.807, 2.05) is 6.20 Å². The number of nitrogens with one attached hydrogen (secondary N) is 1. The molecule has 0 saturated carbocycles. The van der Waals surface area contributed by atoms with Crippen molar-refractivity contribution in [3.63, 3.8) is 0 Å². The van der Waals surface area contributed by atoms with Crippen LogP contribution in [0.4, 0.5) is 0 Å². The molecule has 90 valence electrons. The maximum absolute atomic E-state index is 5.18. The monoisotopic (exact) mass is 222 g/mol. The Bertz CT molecular complexity index is 278. The summed E-state index contributed by atoms with van der Waals surface area (Å²) in [5, 5.41) is 3.47. The Morgan fingerprint density at radius 2 is 2.25 bits per heavy atom. The Hall–Kier alpha value is -0.930. The van der Waals surface area contributed by atoms with Gasteiger partial charge in [-0.2, -0.15) is 0 Å². The predicted octanol–water partition coefficient (Wildman–Crippen LogP) is 2.29. The van der Waals surface area contributed by atoms with Crippen LogP contribution in [0.3, 0.4) is 0 Å². The van der Waals surface area contributed by atoms with Crippen LogP contribution in [0.2, 0.25) is 0 Å². The van der Waals surface area contributed by atoms with E-state index in [0.717, 1.165) is 25.3 Å². The van der Waals surface area contributed by atoms with Crippen LogP contribution in [-0.2, 0) is 11.3 Å². The Morgan fingerprint density at radius 1 is 1.44 bits per heavy atom. The average Bonchev–Trinajstić information content (AvgIpc) is 2.29. The summed E-state index contributed by atoms with van der Waals surface area (Å²) in [5.41, 5.74) is 2.29. The normalized spacial score (nSPS) is 12.7. The molecule has 16 heavy (non-hydrogen) atoms. The highest BCUT2D eigenvalue weighted by atomic mass is 16.5. The number of nitrogens with zero attached hydrogens (tertiary/aromatic N) is 1. The minimum Gasteiger partial charge on any atom is -0.383 e. The molecule has 0 aliphatic rings. The van der Waals surface area contributed by atoms with Gasteiger partial charge in [0.15, 0.2) is 0 Å². The Balaban J connectivity index is 2.38. The van der Waals surface area contributed by atoms with Crippen molar-refractivity contribution in [3.05, 3.63) is 29.6 Å². The first-order valence-electron chi connectivity index (χ1n) is 5.90. The van der Waals surface area contributed by atoms with Crippen molar-refractivity contribution < 1.29 is 4.74 Å². The van der Waals surface area contributed by atoms with E-state index in [2.05, 4.69) is 36.3 Å². The van der Waals surface area contributed by atoms with Crippen LogP contribution in [0, 0.1) is 6.92 Å². The molecule has 0 aliphatic carbocycles. The summed E-state index contributed by atoms with van der Waals surface area (Å²) >= 11 is 0. The standard InChI is InChI=1S/C13H22N2O/c1-4-5-13(10-16-3)15-9-12-7-6-11(2)8-14-12/h6-8,13,15H,4-5,9-10H2,1-3H3. The van der Waals surface area contributed by atoms with Gasteiger partial charge in [0.05, 0.1) is 12.3 Å². The number of aromatic nitrogens is 1. The zero-order chi connectivity index (χ0) is 11.8. The second kappa shape index (κ2) is 7.36. The lowest BCUT2D eigenvalue weighted by molar-refractivity contribution is 0.161. The second-order valence-electron chi connectivity index (χ2n) is 4.15. The zero-order valence-electron chi connectivity index (χ0n) is 10.5. The number of aryl methyl sites for hydroxylation is 1. The van der Waals surface area contributed by atoms with Gasteiger partial charge in [0, 0.05) is 25.9 Å². The maximum atomic E-state index is 5.18. The Kier molecular flexibility index (Phi) is 6.04. The molecule has 1 N–H and O–H groups in total. The fourth-order valence-electron chi connectivity index (χ4n) is 1.65. The predicted molar refractivity (Wildman–Crippen MR) is 66.4 cm³/mol. The molecule has 1 aromatic heterocycles. The van der Waals surface area contributed by atoms with Crippen molar-refractivity contribution in [3.8, 4) is 0 Å². The third-order valence-electron chi connectivity index (χ3n) is 2.55. The molecule has 1 heterocycles. The molecule has 3 heteroatoms. The van der Waals surface area contributed by atoms with Gasteiger partial charge in [-0.1, -0.05) is 19.4 Å². The first-order chi connectivity index (χ1) is 7.76. The summed E-state index contributed by atoms with van der Waals surface area (Å²) in [6.07, 6.45) is 4.21. The van der Waals surface area contributed by atoms with Crippen LogP contribution in [-0.4, -0.2) is 24.7 Å². The van der Waals surface area contributed by atoms with E-state index >= 15 is 0 Å². The lowest BCUT2D eigenvalue weighted by Crippen LogP contribution is -2.32. The molecule has 1 unspecified atom stereocenters. The molecule has 0 aliphatic heterocycles. The topological polar surface area (TPSA) is 34.1 Å². The summed E-state index contributed by atoms with van der Waals surface area (Å²) in [5.74, 6) is 0. The summed E-state index contributed by atoms with van der Waals surface area (Å²) in [4.78, 5) is 4.37. The molecular formula is C13H22N2O. The number of ether oxygens (including phenoxy) is 1. The molecule has 0 fully saturated rings. The van der Waals surface area contributed by atoms with Crippen molar-refractivity contribution >= 4 is 0 Å². The number of hydrogen-bond donors (Lipinski definition) is 1. The van der Waals surface area contributed by atoms with E-state index in [1.54, 1.807) is 7.11 Å². The minimum atomic E-state index is 0.429. The van der Waals surface area contributed by atoms with Gasteiger partial charge in [-0.3, -0.25) is 4.98 Å². The molecule has 1 rings (SSSR count). The van der Waals surface area contributed by atoms with E-state index in [-0.39, 0.29) is 0 Å². The molecule has 0 amide bonds. The summed E-state index contributed by atoms with van der Waals surface area (Å²) in [7, 11) is 1.74. The largest absolute Gasteiger partial charge is 0.383 e. The third-order valence-corrected chi connectivity index (χ3v) is 2.55. The average molecular weight is 222 g/mol. The SMILES string of the molecule is CCCC(COC)NCc1ccc(C)cn1. The number of rotatable bonds is 7. The van der Waals surface area contributed by atoms with E-state index in [9.17, 15) is 0 Å². The van der Waals surface area contributed by atoms with Crippen LogP contribution < -0.4 is 5.32 Å². The van der Waals surface area contributed by atoms with Gasteiger partial charge < -0.3 is 10.1 Å². The lowest BCUT2D eigenvalue weighted by atomic mass is 10.2. The van der Waals surface area contributed by atoms with Gasteiger partial charge in [0.2, 0.25) is 0 Å². The first kappa shape index (κ1) is 13.1. The van der Waals surface area contributed by atoms with E-state index < -0.39 is 0 Å². The third kappa shape index (κ3) is 4.73. The summed E-state index contributed by atoms with van der Waals surface area (Å²) < 4.78 is 5.18. The molecular weight excluding hydrogens is 200 g/mol. The zero-order valence-corrected chi connectivity index (χ0v) is 10.5. The van der Waals surface area contributed by atoms with E-state index in [4.69, 9.17) is 4.74 Å². The van der Waals surface area contributed by atoms with Crippen molar-refractivity contribution in [2.24, 2.45) is 0 Å². The Morgan fingerprint density at radius 3 is 2.81 bits per heavy atom. The lowest BCUT2D eigenvalue weighted by Gasteiger charge is -2.16. The molecule has 3 nitrogen and oxygen atoms in total. The van der Waals surface area contributed by atoms with Gasteiger partial charge in [0.1, 0.15) is 0 Å². The molecule has 0 saturated heterocycles. The molecule has 0 aromatic carbocycles. The van der Waals surface area contributed by atoms with Crippen LogP contribution in [0.25, 0.3) is 0 Å². The van der Waals surface area contributed by atoms with Crippen LogP contribution in [0.15, 0.2) is 18.3 Å². The van der Waals surface area contributed by atoms with Crippen LogP contribution in [0.1, 0.15) is 31.0 Å². The van der Waals surface area contributed by atoms with Crippen LogP contribution in [0.5, 0.6) is 0 Å². The van der Waals surface area contributed by atoms with Crippen molar-refractivity contribution in [1.29, 1.82) is 0 Å². The maximum Gasteiger partial charge on any atom is 0.0615 e. The fourth-order valence-corrected chi connectivity index (χ4v) is 1.65. The molecule has 1 atom stereocenters. The number of methoxy groups -OCH3 is 1. The summed E-state index contributed by atoms with van der Waals surface area (Å²) in [6.45, 7) is 5.82. The molecule has 0 radical (unpaired) electrons. The van der Waals surface area contributed by atoms with Crippen molar-refractivity contribution in [1.82, 2.24) is 10.3 Å². The highest BCUT2D eigenvalue weighted by molar-refractivity contribution is 5.12. The van der Waals surface area contributed by atoms with E-state index in [1.165, 1.54) is 12.0 Å². The van der Waals surface area contributed by atoms with Gasteiger partial charge >= 0.3 is 0 Å². The molecule has 0 bridgehead atoms. The first-order valence-corrected chi connectivity index (χ1v) is 5.90. The highest BCUT2D eigenvalue weighted by Gasteiger charge is 2.06. The van der Waals surface area contributed by atoms with Crippen molar-refractivity contribution in [2.75, 3.05) is 13.7 Å². The molecule has 0 spiro atoms. The van der Waals surface area contributed by atoms with Gasteiger partial charge in [-0.15, -0.1) is 0 Å². The smallest absolute Gasteiger partial charge is 0.0615 e. The summed E-state index contributed by atoms with van der Waals surface area (Å²) in [6, 6.07) is 4.59.